The molecule has 0 fully saturated rings. The maximum atomic E-state index is 14.9. The van der Waals surface area contributed by atoms with Crippen LogP contribution in [0.3, 0.4) is 0 Å². The summed E-state index contributed by atoms with van der Waals surface area (Å²) in [5.74, 6) is -6.26. The van der Waals surface area contributed by atoms with Crippen LogP contribution < -0.4 is 54.4 Å². The number of rotatable bonds is 33. The number of carboxylic acid groups (broad SMARTS) is 1. The van der Waals surface area contributed by atoms with Gasteiger partial charge in [-0.2, -0.15) is 0 Å². The van der Waals surface area contributed by atoms with Crippen molar-refractivity contribution in [1.29, 1.82) is 0 Å². The van der Waals surface area contributed by atoms with Gasteiger partial charge >= 0.3 is 5.97 Å². The van der Waals surface area contributed by atoms with Crippen LogP contribution in [0.1, 0.15) is 74.1 Å². The molecule has 0 unspecified atom stereocenters. The maximum absolute atomic E-state index is 14.9. The molecule has 418 valence electrons. The zero-order valence-corrected chi connectivity index (χ0v) is 44.0. The van der Waals surface area contributed by atoms with Crippen LogP contribution in [-0.2, 0) is 64.0 Å². The van der Waals surface area contributed by atoms with E-state index >= 15 is 0 Å². The normalized spacial score (nSPS) is 14.2. The van der Waals surface area contributed by atoms with Gasteiger partial charge in [0.1, 0.15) is 36.3 Å². The van der Waals surface area contributed by atoms with Crippen molar-refractivity contribution in [3.05, 3.63) is 144 Å². The van der Waals surface area contributed by atoms with Crippen LogP contribution in [0.2, 0.25) is 0 Å². The SMILES string of the molecule is C[C@@H](O)[C@H](NC(=O)[C@H](CCCCN)NC(=O)[C@@H](Cc1c[nH]c2ccccc12)NC(=O)[C@H](Cc1ccccc1)NC(=O)[C@H](Cc1ccccc1)NC(=O)[C@@H](N)CCCN)C(=O)N[C@@H](Cc1ccccc1)C(=O)NCCCC(=O)O. The molecule has 0 aliphatic heterocycles. The molecule has 0 radical (unpaired) electrons. The second kappa shape index (κ2) is 31.9. The molecule has 0 saturated heterocycles. The van der Waals surface area contributed by atoms with E-state index in [2.05, 4.69) is 42.2 Å². The molecule has 5 aromatic rings. The van der Waals surface area contributed by atoms with Crippen molar-refractivity contribution in [3.8, 4) is 0 Å². The molecule has 0 aliphatic rings. The second-order valence-electron chi connectivity index (χ2n) is 19.3. The number of carbonyl (C=O) groups excluding carboxylic acids is 7. The van der Waals surface area contributed by atoms with Crippen LogP contribution in [0.4, 0.5) is 0 Å². The third-order valence-electron chi connectivity index (χ3n) is 13.0. The summed E-state index contributed by atoms with van der Waals surface area (Å²) < 4.78 is 0. The number of aromatic amines is 1. The highest BCUT2D eigenvalue weighted by Crippen LogP contribution is 2.20. The number of nitrogens with one attached hydrogen (secondary N) is 8. The minimum Gasteiger partial charge on any atom is -0.481 e. The highest BCUT2D eigenvalue weighted by Gasteiger charge is 2.36. The summed E-state index contributed by atoms with van der Waals surface area (Å²) in [4.78, 5) is 114. The molecule has 78 heavy (non-hydrogen) atoms. The highest BCUT2D eigenvalue weighted by molar-refractivity contribution is 5.98. The van der Waals surface area contributed by atoms with Gasteiger partial charge in [-0.1, -0.05) is 109 Å². The largest absolute Gasteiger partial charge is 0.481 e. The number of amides is 7. The minimum atomic E-state index is -1.63. The van der Waals surface area contributed by atoms with E-state index in [9.17, 15) is 43.5 Å². The smallest absolute Gasteiger partial charge is 0.303 e. The maximum Gasteiger partial charge on any atom is 0.303 e. The number of aliphatic carboxylic acids is 1. The van der Waals surface area contributed by atoms with E-state index in [1.54, 1.807) is 91.1 Å². The second-order valence-corrected chi connectivity index (χ2v) is 19.3. The Morgan fingerprint density at radius 3 is 1.46 bits per heavy atom. The van der Waals surface area contributed by atoms with Gasteiger partial charge in [-0.25, -0.2) is 0 Å². The number of H-pyrrole nitrogens is 1. The molecule has 1 aromatic heterocycles. The van der Waals surface area contributed by atoms with Gasteiger partial charge in [0.05, 0.1) is 12.1 Å². The fraction of sp³-hybridized carbons (Fsp3) is 0.404. The van der Waals surface area contributed by atoms with Crippen LogP contribution in [0, 0.1) is 0 Å². The number of para-hydroxylation sites is 1. The van der Waals surface area contributed by atoms with Gasteiger partial charge < -0.3 is 69.6 Å². The predicted molar refractivity (Wildman–Crippen MR) is 295 cm³/mol. The van der Waals surface area contributed by atoms with Crippen molar-refractivity contribution >= 4 is 58.2 Å². The van der Waals surface area contributed by atoms with Crippen molar-refractivity contribution in [2.24, 2.45) is 17.2 Å². The van der Waals surface area contributed by atoms with Crippen LogP contribution in [0.25, 0.3) is 10.9 Å². The number of unbranched alkanes of at least 4 members (excludes halogenated alkanes) is 1. The fourth-order valence-electron chi connectivity index (χ4n) is 8.73. The van der Waals surface area contributed by atoms with Crippen LogP contribution in [-0.4, -0.2) is 131 Å². The summed E-state index contributed by atoms with van der Waals surface area (Å²) in [5.41, 5.74) is 21.2. The summed E-state index contributed by atoms with van der Waals surface area (Å²) in [6, 6.07) is 25.0. The lowest BCUT2D eigenvalue weighted by Gasteiger charge is -2.28. The first-order chi connectivity index (χ1) is 37.6. The summed E-state index contributed by atoms with van der Waals surface area (Å²) >= 11 is 0. The Labute approximate surface area is 454 Å². The Balaban J connectivity index is 1.43. The first-order valence-corrected chi connectivity index (χ1v) is 26.4. The van der Waals surface area contributed by atoms with Crippen molar-refractivity contribution in [2.45, 2.75) is 126 Å². The number of carbonyl (C=O) groups is 8. The number of aromatic nitrogens is 1. The Morgan fingerprint density at radius 2 is 0.949 bits per heavy atom. The third-order valence-corrected chi connectivity index (χ3v) is 13.0. The van der Waals surface area contributed by atoms with Crippen molar-refractivity contribution in [2.75, 3.05) is 19.6 Å². The summed E-state index contributed by atoms with van der Waals surface area (Å²) in [6.45, 7) is 1.86. The summed E-state index contributed by atoms with van der Waals surface area (Å²) in [5, 5.41) is 39.9. The summed E-state index contributed by atoms with van der Waals surface area (Å²) in [6.07, 6.45) is 1.64. The number of aliphatic hydroxyl groups is 1. The first kappa shape index (κ1) is 60.9. The molecule has 21 heteroatoms. The van der Waals surface area contributed by atoms with E-state index in [0.717, 1.165) is 16.5 Å². The van der Waals surface area contributed by atoms with Gasteiger partial charge in [0.2, 0.25) is 41.4 Å². The van der Waals surface area contributed by atoms with Gasteiger partial charge in [0.15, 0.2) is 0 Å². The number of nitrogens with two attached hydrogens (primary N) is 3. The lowest BCUT2D eigenvalue weighted by Crippen LogP contribution is -2.62. The van der Waals surface area contributed by atoms with E-state index in [1.165, 1.54) is 6.92 Å². The Bertz CT molecular complexity index is 2730. The topological polar surface area (TPSA) is 355 Å². The number of carboxylic acids is 1. The van der Waals surface area contributed by atoms with Crippen molar-refractivity contribution < 1.29 is 48.6 Å². The molecule has 16 N–H and O–H groups in total. The van der Waals surface area contributed by atoms with Gasteiger partial charge in [-0.05, 0) is 86.9 Å². The first-order valence-electron chi connectivity index (χ1n) is 26.4. The fourth-order valence-corrected chi connectivity index (χ4v) is 8.73. The van der Waals surface area contributed by atoms with E-state index in [1.807, 2.05) is 30.3 Å². The predicted octanol–water partition coefficient (Wildman–Crippen LogP) is 0.904. The van der Waals surface area contributed by atoms with E-state index in [0.29, 0.717) is 42.5 Å². The van der Waals surface area contributed by atoms with Crippen LogP contribution in [0.5, 0.6) is 0 Å². The van der Waals surface area contributed by atoms with Gasteiger partial charge in [0, 0.05) is 55.7 Å². The van der Waals surface area contributed by atoms with Crippen molar-refractivity contribution in [3.63, 3.8) is 0 Å². The number of aliphatic hydroxyl groups excluding tert-OH is 1. The number of hydrogen-bond acceptors (Lipinski definition) is 12. The van der Waals surface area contributed by atoms with Gasteiger partial charge in [-0.15, -0.1) is 0 Å². The zero-order valence-electron chi connectivity index (χ0n) is 44.0. The average molecular weight is 1070 g/mol. The van der Waals surface area contributed by atoms with Crippen LogP contribution >= 0.6 is 0 Å². The zero-order chi connectivity index (χ0) is 56.4. The molecule has 1 heterocycles. The van der Waals surface area contributed by atoms with Gasteiger partial charge in [-0.3, -0.25) is 38.4 Å². The van der Waals surface area contributed by atoms with Crippen LogP contribution in [0.15, 0.2) is 121 Å². The quantitative estimate of drug-likeness (QED) is 0.0260. The molecule has 0 aliphatic carbocycles. The molecule has 7 amide bonds. The van der Waals surface area contributed by atoms with Crippen molar-refractivity contribution in [1.82, 2.24) is 42.2 Å². The monoisotopic (exact) mass is 1070 g/mol. The van der Waals surface area contributed by atoms with E-state index < -0.39 is 95.7 Å². The highest BCUT2D eigenvalue weighted by atomic mass is 16.4. The number of hydrogen-bond donors (Lipinski definition) is 13. The molecule has 0 spiro atoms. The van der Waals surface area contributed by atoms with Gasteiger partial charge in [0.25, 0.3) is 0 Å². The lowest BCUT2D eigenvalue weighted by atomic mass is 10.00. The minimum absolute atomic E-state index is 0.0117. The molecule has 8 atom stereocenters. The Morgan fingerprint density at radius 1 is 0.500 bits per heavy atom. The molecule has 21 nitrogen and oxygen atoms in total. The lowest BCUT2D eigenvalue weighted by molar-refractivity contribution is -0.137. The molecule has 0 bridgehead atoms. The molecular formula is C57H75N11O10. The Kier molecular flexibility index (Phi) is 24.9. The number of fused-ring (bicyclic) bond motifs is 1. The van der Waals surface area contributed by atoms with E-state index in [-0.39, 0.29) is 64.5 Å². The molecule has 5 rings (SSSR count). The number of benzene rings is 4. The van der Waals surface area contributed by atoms with E-state index in [4.69, 9.17) is 22.3 Å². The standard InChI is InChI=1S/C57H75N11O10/c1-36(69)50(57(78)67-45(31-37-17-5-2-6-18-37)52(73)61-30-16-27-49(70)71)68-53(74)44(26-13-14-28-58)63-56(77)48(34-40-35-62-43-25-12-11-23-41(40)43)66-55(76)47(33-39-21-9-4-10-22-39)65-54(75)46(32-38-19-7-3-8-20-38)64-51(72)42(60)24-15-29-59/h2-12,17-23,25,35-36,42,44-48,50,62,69H,13-16,24,26-34,58-60H2,1H3,(H,61,73)(H,63,77)(H,64,72)(H,65,75)(H,66,76)(H,67,78)(H,68,74)(H,70,71)/t36-,42+,44+,45+,46+,47+,48-,50+/m1/s1. The Hall–Kier alpha value is -7.98. The molecule has 0 saturated carbocycles. The molecule has 4 aromatic carbocycles. The summed E-state index contributed by atoms with van der Waals surface area (Å²) in [7, 11) is 0. The average Bonchev–Trinajstić information content (AvgIpc) is 3.85. The third kappa shape index (κ3) is 19.9. The molecular weight excluding hydrogens is 999 g/mol.